The maximum atomic E-state index is 11.4. The van der Waals surface area contributed by atoms with E-state index in [1.54, 1.807) is 18.2 Å². The Morgan fingerprint density at radius 3 is 2.77 bits per heavy atom. The quantitative estimate of drug-likeness (QED) is 0.375. The third-order valence-corrected chi connectivity index (χ3v) is 2.06. The maximum absolute atomic E-state index is 11.4. The second kappa shape index (κ2) is 4.18. The molecule has 0 bridgehead atoms. The van der Waals surface area contributed by atoms with E-state index in [1.807, 2.05) is 6.07 Å². The fraction of sp³-hybridized carbons (Fsp3) is 0.111. The highest BCUT2D eigenvalue weighted by molar-refractivity contribution is 9.10. The zero-order valence-electron chi connectivity index (χ0n) is 6.99. The smallest absolute Gasteiger partial charge is 0.210 e. The van der Waals surface area contributed by atoms with Gasteiger partial charge in [0, 0.05) is 10.0 Å². The van der Waals surface area contributed by atoms with Gasteiger partial charge >= 0.3 is 0 Å². The summed E-state index contributed by atoms with van der Waals surface area (Å²) < 4.78 is 0.823. The van der Waals surface area contributed by atoms with Gasteiger partial charge in [0.1, 0.15) is 5.71 Å². The lowest BCUT2D eigenvalue weighted by molar-refractivity contribution is 0.106. The Morgan fingerprint density at radius 2 is 2.23 bits per heavy atom. The molecule has 0 spiro atoms. The number of rotatable bonds is 2. The Hall–Kier alpha value is -1.16. The van der Waals surface area contributed by atoms with Crippen molar-refractivity contribution in [1.82, 2.24) is 0 Å². The van der Waals surface area contributed by atoms with Crippen LogP contribution >= 0.6 is 15.9 Å². The Bertz CT molecular complexity index is 360. The summed E-state index contributed by atoms with van der Waals surface area (Å²) in [6.45, 7) is 1.46. The SMILES string of the molecule is C/C(=N\O)C(=O)c1cccc(Br)c1. The van der Waals surface area contributed by atoms with E-state index in [0.29, 0.717) is 5.56 Å². The molecule has 0 aliphatic heterocycles. The summed E-state index contributed by atoms with van der Waals surface area (Å²) in [6, 6.07) is 6.92. The molecule has 1 aromatic carbocycles. The lowest BCUT2D eigenvalue weighted by Crippen LogP contribution is -2.10. The molecule has 1 N–H and O–H groups in total. The molecule has 0 heterocycles. The zero-order valence-corrected chi connectivity index (χ0v) is 8.58. The molecule has 0 saturated carbocycles. The van der Waals surface area contributed by atoms with E-state index in [-0.39, 0.29) is 11.5 Å². The van der Waals surface area contributed by atoms with Gasteiger partial charge in [-0.2, -0.15) is 0 Å². The molecule has 4 heteroatoms. The molecule has 0 fully saturated rings. The van der Waals surface area contributed by atoms with Gasteiger partial charge in [-0.25, -0.2) is 0 Å². The van der Waals surface area contributed by atoms with Crippen LogP contribution in [0.25, 0.3) is 0 Å². The average molecular weight is 242 g/mol. The Kier molecular flexibility index (Phi) is 3.19. The summed E-state index contributed by atoms with van der Waals surface area (Å²) in [7, 11) is 0. The van der Waals surface area contributed by atoms with Gasteiger partial charge in [0.25, 0.3) is 0 Å². The first-order valence-electron chi connectivity index (χ1n) is 3.64. The Balaban J connectivity index is 3.03. The number of ketones is 1. The fourth-order valence-electron chi connectivity index (χ4n) is 0.884. The lowest BCUT2D eigenvalue weighted by atomic mass is 10.1. The van der Waals surface area contributed by atoms with Gasteiger partial charge in [0.2, 0.25) is 5.78 Å². The molecule has 0 amide bonds. The van der Waals surface area contributed by atoms with Crippen molar-refractivity contribution in [3.8, 4) is 0 Å². The average Bonchev–Trinajstić information content (AvgIpc) is 2.15. The van der Waals surface area contributed by atoms with Crippen molar-refractivity contribution in [2.24, 2.45) is 5.16 Å². The third kappa shape index (κ3) is 2.39. The molecule has 0 atom stereocenters. The first-order valence-corrected chi connectivity index (χ1v) is 4.43. The van der Waals surface area contributed by atoms with E-state index >= 15 is 0 Å². The van der Waals surface area contributed by atoms with Crippen LogP contribution in [0.5, 0.6) is 0 Å². The van der Waals surface area contributed by atoms with E-state index in [1.165, 1.54) is 6.92 Å². The second-order valence-corrected chi connectivity index (χ2v) is 3.44. The van der Waals surface area contributed by atoms with Crippen LogP contribution in [0.1, 0.15) is 17.3 Å². The summed E-state index contributed by atoms with van der Waals surface area (Å²) in [4.78, 5) is 11.4. The van der Waals surface area contributed by atoms with Crippen molar-refractivity contribution in [3.63, 3.8) is 0 Å². The van der Waals surface area contributed by atoms with E-state index in [4.69, 9.17) is 5.21 Å². The number of carbonyl (C=O) groups excluding carboxylic acids is 1. The summed E-state index contributed by atoms with van der Waals surface area (Å²) in [6.07, 6.45) is 0. The molecule has 13 heavy (non-hydrogen) atoms. The van der Waals surface area contributed by atoms with Gasteiger partial charge in [-0.05, 0) is 19.1 Å². The van der Waals surface area contributed by atoms with Crippen molar-refractivity contribution >= 4 is 27.4 Å². The molecular formula is C9H8BrNO2. The highest BCUT2D eigenvalue weighted by atomic mass is 79.9. The van der Waals surface area contributed by atoms with Crippen molar-refractivity contribution in [3.05, 3.63) is 34.3 Å². The molecule has 0 aromatic heterocycles. The van der Waals surface area contributed by atoms with Crippen LogP contribution in [0.3, 0.4) is 0 Å². The molecule has 3 nitrogen and oxygen atoms in total. The fourth-order valence-corrected chi connectivity index (χ4v) is 1.28. The Morgan fingerprint density at radius 1 is 1.54 bits per heavy atom. The number of halogens is 1. The van der Waals surface area contributed by atoms with Gasteiger partial charge < -0.3 is 5.21 Å². The van der Waals surface area contributed by atoms with Crippen molar-refractivity contribution in [1.29, 1.82) is 0 Å². The minimum Gasteiger partial charge on any atom is -0.411 e. The summed E-state index contributed by atoms with van der Waals surface area (Å²) >= 11 is 3.25. The molecule has 68 valence electrons. The van der Waals surface area contributed by atoms with Gasteiger partial charge in [0.15, 0.2) is 0 Å². The highest BCUT2D eigenvalue weighted by Gasteiger charge is 2.09. The first kappa shape index (κ1) is 9.92. The normalized spacial score (nSPS) is 11.4. The summed E-state index contributed by atoms with van der Waals surface area (Å²) in [5.74, 6) is -0.274. The van der Waals surface area contributed by atoms with E-state index in [0.717, 1.165) is 4.47 Å². The molecular weight excluding hydrogens is 234 g/mol. The number of oxime groups is 1. The van der Waals surface area contributed by atoms with E-state index in [9.17, 15) is 4.79 Å². The largest absolute Gasteiger partial charge is 0.411 e. The lowest BCUT2D eigenvalue weighted by Gasteiger charge is -1.98. The standard InChI is InChI=1S/C9H8BrNO2/c1-6(11-13)9(12)7-3-2-4-8(10)5-7/h2-5,13H,1H3/b11-6+. The van der Waals surface area contributed by atoms with Crippen LogP contribution in [0.15, 0.2) is 33.9 Å². The predicted molar refractivity (Wildman–Crippen MR) is 53.4 cm³/mol. The molecule has 0 saturated heterocycles. The number of hydrogen-bond donors (Lipinski definition) is 1. The second-order valence-electron chi connectivity index (χ2n) is 2.52. The van der Waals surface area contributed by atoms with Gasteiger partial charge in [-0.3, -0.25) is 4.79 Å². The van der Waals surface area contributed by atoms with Gasteiger partial charge in [-0.1, -0.05) is 33.2 Å². The maximum Gasteiger partial charge on any atom is 0.210 e. The number of Topliss-reactive ketones (excluding diaryl/α,β-unsaturated/α-hetero) is 1. The third-order valence-electron chi connectivity index (χ3n) is 1.57. The number of carbonyl (C=O) groups is 1. The van der Waals surface area contributed by atoms with E-state index < -0.39 is 0 Å². The molecule has 0 unspecified atom stereocenters. The topological polar surface area (TPSA) is 49.7 Å². The molecule has 0 aliphatic carbocycles. The van der Waals surface area contributed by atoms with E-state index in [2.05, 4.69) is 21.1 Å². The molecule has 1 rings (SSSR count). The van der Waals surface area contributed by atoms with Crippen molar-refractivity contribution in [2.75, 3.05) is 0 Å². The van der Waals surface area contributed by atoms with Crippen LogP contribution in [-0.2, 0) is 0 Å². The molecule has 0 radical (unpaired) electrons. The monoisotopic (exact) mass is 241 g/mol. The van der Waals surface area contributed by atoms with Crippen molar-refractivity contribution in [2.45, 2.75) is 6.92 Å². The minimum absolute atomic E-state index is 0.0816. The van der Waals surface area contributed by atoms with Gasteiger partial charge in [0.05, 0.1) is 0 Å². The van der Waals surface area contributed by atoms with Crippen LogP contribution < -0.4 is 0 Å². The van der Waals surface area contributed by atoms with Crippen molar-refractivity contribution < 1.29 is 10.0 Å². The summed E-state index contributed by atoms with van der Waals surface area (Å²) in [5.41, 5.74) is 0.586. The van der Waals surface area contributed by atoms with Crippen LogP contribution in [-0.4, -0.2) is 16.7 Å². The zero-order chi connectivity index (χ0) is 9.84. The number of hydrogen-bond acceptors (Lipinski definition) is 3. The number of benzene rings is 1. The Labute approximate surface area is 84.2 Å². The van der Waals surface area contributed by atoms with Gasteiger partial charge in [-0.15, -0.1) is 0 Å². The van der Waals surface area contributed by atoms with Crippen LogP contribution in [0.2, 0.25) is 0 Å². The van der Waals surface area contributed by atoms with Crippen LogP contribution in [0, 0.1) is 0 Å². The molecule has 1 aromatic rings. The number of nitrogens with zero attached hydrogens (tertiary/aromatic N) is 1. The predicted octanol–water partition coefficient (Wildman–Crippen LogP) is 2.48. The first-order chi connectivity index (χ1) is 6.15. The van der Waals surface area contributed by atoms with Crippen LogP contribution in [0.4, 0.5) is 0 Å². The highest BCUT2D eigenvalue weighted by Crippen LogP contribution is 2.12. The summed E-state index contributed by atoms with van der Waals surface area (Å²) in [5, 5.41) is 11.2. The molecule has 0 aliphatic rings. The minimum atomic E-state index is -0.274.